The van der Waals surface area contributed by atoms with Crippen molar-refractivity contribution in [3.63, 3.8) is 0 Å². The molecule has 0 N–H and O–H groups in total. The van der Waals surface area contributed by atoms with Gasteiger partial charge in [-0.15, -0.1) is 0 Å². The highest BCUT2D eigenvalue weighted by atomic mass is 16.1. The summed E-state index contributed by atoms with van der Waals surface area (Å²) in [6, 6.07) is 12.0. The Morgan fingerprint density at radius 3 is 2.94 bits per heavy atom. The van der Waals surface area contributed by atoms with Crippen LogP contribution in [-0.2, 0) is 6.42 Å². The quantitative estimate of drug-likeness (QED) is 0.754. The van der Waals surface area contributed by atoms with E-state index in [0.29, 0.717) is 5.56 Å². The second-order valence-corrected chi connectivity index (χ2v) is 4.49. The van der Waals surface area contributed by atoms with Crippen LogP contribution in [0.15, 0.2) is 42.6 Å². The van der Waals surface area contributed by atoms with Crippen LogP contribution in [0.3, 0.4) is 0 Å². The van der Waals surface area contributed by atoms with Crippen LogP contribution in [0.4, 0.5) is 11.5 Å². The van der Waals surface area contributed by atoms with Crippen LogP contribution < -0.4 is 4.90 Å². The van der Waals surface area contributed by atoms with Crippen molar-refractivity contribution < 1.29 is 4.79 Å². The minimum Gasteiger partial charge on any atom is -0.326 e. The van der Waals surface area contributed by atoms with Gasteiger partial charge < -0.3 is 4.90 Å². The van der Waals surface area contributed by atoms with Crippen molar-refractivity contribution in [3.8, 4) is 0 Å². The zero-order valence-electron chi connectivity index (χ0n) is 10.3. The molecule has 90 valence electrons. The summed E-state index contributed by atoms with van der Waals surface area (Å²) in [6.45, 7) is 2.50. The van der Waals surface area contributed by atoms with Gasteiger partial charge in [-0.25, -0.2) is 4.98 Å². The number of Topliss-reactive ketones (excluding diaryl/α,β-unsaturated/α-hetero) is 1. The molecule has 0 radical (unpaired) electrons. The third-order valence-electron chi connectivity index (χ3n) is 3.32. The molecule has 2 aromatic rings. The van der Waals surface area contributed by atoms with Crippen LogP contribution >= 0.6 is 0 Å². The highest BCUT2D eigenvalue weighted by Crippen LogP contribution is 2.33. The molecular formula is C15H14N2O. The maximum Gasteiger partial charge on any atom is 0.159 e. The van der Waals surface area contributed by atoms with E-state index in [2.05, 4.69) is 28.1 Å². The molecule has 0 saturated carbocycles. The number of hydrogen-bond donors (Lipinski definition) is 0. The average molecular weight is 238 g/mol. The van der Waals surface area contributed by atoms with Crippen molar-refractivity contribution in [1.29, 1.82) is 0 Å². The highest BCUT2D eigenvalue weighted by molar-refractivity contribution is 5.94. The number of fused-ring (bicyclic) bond motifs is 1. The van der Waals surface area contributed by atoms with Gasteiger partial charge in [-0.1, -0.05) is 18.2 Å². The number of ketones is 1. The highest BCUT2D eigenvalue weighted by Gasteiger charge is 2.20. The molecule has 1 aliphatic heterocycles. The van der Waals surface area contributed by atoms with E-state index >= 15 is 0 Å². The van der Waals surface area contributed by atoms with E-state index in [-0.39, 0.29) is 5.78 Å². The molecule has 1 aliphatic rings. The van der Waals surface area contributed by atoms with Crippen LogP contribution in [0.2, 0.25) is 0 Å². The van der Waals surface area contributed by atoms with E-state index in [0.717, 1.165) is 18.8 Å². The minimum absolute atomic E-state index is 0.0751. The van der Waals surface area contributed by atoms with Crippen LogP contribution in [0.5, 0.6) is 0 Å². The molecule has 1 aromatic carbocycles. The summed E-state index contributed by atoms with van der Waals surface area (Å²) < 4.78 is 0. The standard InChI is InChI=1S/C15H14N2O/c1-11(18)13-6-8-16-15(10-13)17-9-7-12-4-2-3-5-14(12)17/h2-6,8,10H,7,9H2,1H3. The Labute approximate surface area is 106 Å². The SMILES string of the molecule is CC(=O)c1ccnc(N2CCc3ccccc32)c1. The fourth-order valence-corrected chi connectivity index (χ4v) is 2.36. The van der Waals surface area contributed by atoms with Gasteiger partial charge in [0.05, 0.1) is 0 Å². The number of anilines is 2. The molecule has 0 atom stereocenters. The van der Waals surface area contributed by atoms with Crippen molar-refractivity contribution in [2.45, 2.75) is 13.3 Å². The molecule has 2 heterocycles. The van der Waals surface area contributed by atoms with Gasteiger partial charge in [0.15, 0.2) is 5.78 Å². The zero-order valence-corrected chi connectivity index (χ0v) is 10.3. The third kappa shape index (κ3) is 1.78. The molecule has 0 amide bonds. The van der Waals surface area contributed by atoms with Crippen molar-refractivity contribution in [3.05, 3.63) is 53.7 Å². The minimum atomic E-state index is 0.0751. The van der Waals surface area contributed by atoms with Crippen LogP contribution in [0.25, 0.3) is 0 Å². The fraction of sp³-hybridized carbons (Fsp3) is 0.200. The number of carbonyl (C=O) groups is 1. The lowest BCUT2D eigenvalue weighted by molar-refractivity contribution is 0.101. The van der Waals surface area contributed by atoms with Crippen molar-refractivity contribution in [2.75, 3.05) is 11.4 Å². The average Bonchev–Trinajstić information content (AvgIpc) is 2.82. The summed E-state index contributed by atoms with van der Waals surface area (Å²) in [5.74, 6) is 0.929. The first-order valence-electron chi connectivity index (χ1n) is 6.08. The summed E-state index contributed by atoms with van der Waals surface area (Å²) in [7, 11) is 0. The lowest BCUT2D eigenvalue weighted by Gasteiger charge is -2.18. The Morgan fingerprint density at radius 1 is 1.28 bits per heavy atom. The van der Waals surface area contributed by atoms with E-state index in [1.165, 1.54) is 11.3 Å². The molecule has 3 rings (SSSR count). The van der Waals surface area contributed by atoms with Crippen molar-refractivity contribution >= 4 is 17.3 Å². The monoisotopic (exact) mass is 238 g/mol. The maximum absolute atomic E-state index is 11.4. The van der Waals surface area contributed by atoms with E-state index < -0.39 is 0 Å². The zero-order chi connectivity index (χ0) is 12.5. The first-order valence-corrected chi connectivity index (χ1v) is 6.08. The maximum atomic E-state index is 11.4. The van der Waals surface area contributed by atoms with Crippen LogP contribution in [0.1, 0.15) is 22.8 Å². The normalized spacial score (nSPS) is 13.5. The largest absolute Gasteiger partial charge is 0.326 e. The second-order valence-electron chi connectivity index (χ2n) is 4.49. The molecule has 0 spiro atoms. The van der Waals surface area contributed by atoms with Gasteiger partial charge in [-0.3, -0.25) is 4.79 Å². The summed E-state index contributed by atoms with van der Waals surface area (Å²) in [5, 5.41) is 0. The Hall–Kier alpha value is -2.16. The van der Waals surface area contributed by atoms with E-state index in [1.54, 1.807) is 19.2 Å². The smallest absolute Gasteiger partial charge is 0.159 e. The third-order valence-corrected chi connectivity index (χ3v) is 3.32. The Bertz CT molecular complexity index is 607. The molecule has 0 fully saturated rings. The molecule has 0 saturated heterocycles. The molecule has 0 unspecified atom stereocenters. The number of hydrogen-bond acceptors (Lipinski definition) is 3. The van der Waals surface area contributed by atoms with Crippen molar-refractivity contribution in [1.82, 2.24) is 4.98 Å². The number of para-hydroxylation sites is 1. The van der Waals surface area contributed by atoms with E-state index in [1.807, 2.05) is 12.1 Å². The molecule has 0 aliphatic carbocycles. The Balaban J connectivity index is 2.02. The molecule has 0 bridgehead atoms. The molecule has 1 aromatic heterocycles. The summed E-state index contributed by atoms with van der Waals surface area (Å²) in [4.78, 5) is 18.0. The summed E-state index contributed by atoms with van der Waals surface area (Å²) in [5.41, 5.74) is 3.25. The summed E-state index contributed by atoms with van der Waals surface area (Å²) in [6.07, 6.45) is 2.73. The lowest BCUT2D eigenvalue weighted by Crippen LogP contribution is -2.15. The number of benzene rings is 1. The first kappa shape index (κ1) is 11.0. The lowest BCUT2D eigenvalue weighted by atomic mass is 10.1. The topological polar surface area (TPSA) is 33.2 Å². The second kappa shape index (κ2) is 4.26. The predicted octanol–water partition coefficient (Wildman–Crippen LogP) is 2.98. The number of carbonyl (C=O) groups excluding carboxylic acids is 1. The van der Waals surface area contributed by atoms with E-state index in [4.69, 9.17) is 0 Å². The number of aromatic nitrogens is 1. The van der Waals surface area contributed by atoms with Gasteiger partial charge in [0.2, 0.25) is 0 Å². The molecule has 3 heteroatoms. The van der Waals surface area contributed by atoms with Gasteiger partial charge in [0.1, 0.15) is 5.82 Å². The van der Waals surface area contributed by atoms with Crippen LogP contribution in [-0.4, -0.2) is 17.3 Å². The number of nitrogens with zero attached hydrogens (tertiary/aromatic N) is 2. The number of rotatable bonds is 2. The Kier molecular flexibility index (Phi) is 2.59. The fourth-order valence-electron chi connectivity index (χ4n) is 2.36. The van der Waals surface area contributed by atoms with Crippen molar-refractivity contribution in [2.24, 2.45) is 0 Å². The Morgan fingerprint density at radius 2 is 2.11 bits per heavy atom. The van der Waals surface area contributed by atoms with Gasteiger partial charge >= 0.3 is 0 Å². The first-order chi connectivity index (χ1) is 8.75. The van der Waals surface area contributed by atoms with Gasteiger partial charge in [0.25, 0.3) is 0 Å². The van der Waals surface area contributed by atoms with Gasteiger partial charge in [0, 0.05) is 24.0 Å². The number of pyridine rings is 1. The van der Waals surface area contributed by atoms with Gasteiger partial charge in [-0.2, -0.15) is 0 Å². The molecule has 3 nitrogen and oxygen atoms in total. The predicted molar refractivity (Wildman–Crippen MR) is 71.4 cm³/mol. The molecular weight excluding hydrogens is 224 g/mol. The van der Waals surface area contributed by atoms with E-state index in [9.17, 15) is 4.79 Å². The molecule has 18 heavy (non-hydrogen) atoms. The van der Waals surface area contributed by atoms with Crippen LogP contribution in [0, 0.1) is 0 Å². The summed E-state index contributed by atoms with van der Waals surface area (Å²) >= 11 is 0. The van der Waals surface area contributed by atoms with Gasteiger partial charge in [-0.05, 0) is 37.1 Å².